The fourth-order valence-corrected chi connectivity index (χ4v) is 2.55. The van der Waals surface area contributed by atoms with Crippen molar-refractivity contribution in [3.05, 3.63) is 28.8 Å². The molecule has 1 heterocycles. The largest absolute Gasteiger partial charge is 0.469 e. The van der Waals surface area contributed by atoms with Crippen LogP contribution in [-0.2, 0) is 26.2 Å². The molecule has 0 spiro atoms. The van der Waals surface area contributed by atoms with E-state index in [0.717, 1.165) is 11.1 Å². The Kier molecular flexibility index (Phi) is 4.28. The first kappa shape index (κ1) is 15.8. The molecule has 0 saturated carbocycles. The lowest BCUT2D eigenvalue weighted by atomic mass is 9.83. The summed E-state index contributed by atoms with van der Waals surface area (Å²) in [6.07, 6.45) is 0.835. The van der Waals surface area contributed by atoms with E-state index in [-0.39, 0.29) is 11.4 Å². The van der Waals surface area contributed by atoms with Gasteiger partial charge in [0.05, 0.1) is 7.11 Å². The van der Waals surface area contributed by atoms with Gasteiger partial charge in [-0.15, -0.1) is 11.6 Å². The number of ether oxygens (including phenoxy) is 2. The first-order chi connectivity index (χ1) is 9.74. The summed E-state index contributed by atoms with van der Waals surface area (Å²) in [6, 6.07) is 3.82. The fourth-order valence-electron chi connectivity index (χ4n) is 2.34. The molecule has 0 radical (unpaired) electrons. The molecule has 1 aliphatic rings. The summed E-state index contributed by atoms with van der Waals surface area (Å²) < 4.78 is 9.97. The van der Waals surface area contributed by atoms with Crippen LogP contribution in [0.3, 0.4) is 0 Å². The molecule has 2 rings (SSSR count). The maximum atomic E-state index is 11.7. The quantitative estimate of drug-likeness (QED) is 0.488. The number of carbonyl (C=O) groups is 2. The van der Waals surface area contributed by atoms with E-state index in [1.165, 1.54) is 7.11 Å². The Morgan fingerprint density at radius 3 is 2.62 bits per heavy atom. The van der Waals surface area contributed by atoms with Gasteiger partial charge in [-0.3, -0.25) is 4.79 Å². The highest BCUT2D eigenvalue weighted by molar-refractivity contribution is 6.31. The minimum absolute atomic E-state index is 0.188. The van der Waals surface area contributed by atoms with E-state index in [4.69, 9.17) is 16.3 Å². The minimum Gasteiger partial charge on any atom is -0.469 e. The van der Waals surface area contributed by atoms with E-state index in [1.807, 2.05) is 32.9 Å². The Morgan fingerprint density at radius 2 is 2.05 bits per heavy atom. The number of methoxy groups -OCH3 is 1. The molecule has 0 bridgehead atoms. The van der Waals surface area contributed by atoms with Gasteiger partial charge in [0.1, 0.15) is 5.75 Å². The summed E-state index contributed by atoms with van der Waals surface area (Å²) in [5.41, 5.74) is 2.38. The SMILES string of the molecule is COC(=O)CCc1cc2c(c(C(C)(C)C)c1)OC(=O)C2Cl. The van der Waals surface area contributed by atoms with E-state index in [2.05, 4.69) is 4.74 Å². The van der Waals surface area contributed by atoms with Gasteiger partial charge in [0.25, 0.3) is 0 Å². The van der Waals surface area contributed by atoms with Crippen molar-refractivity contribution in [2.24, 2.45) is 0 Å². The second-order valence-electron chi connectivity index (χ2n) is 6.17. The molecule has 21 heavy (non-hydrogen) atoms. The molecule has 0 fully saturated rings. The Bertz CT molecular complexity index is 587. The van der Waals surface area contributed by atoms with Gasteiger partial charge in [0.15, 0.2) is 5.38 Å². The molecule has 0 aromatic heterocycles. The highest BCUT2D eigenvalue weighted by Gasteiger charge is 2.36. The summed E-state index contributed by atoms with van der Waals surface area (Å²) >= 11 is 6.11. The molecular weight excluding hydrogens is 292 g/mol. The fraction of sp³-hybridized carbons (Fsp3) is 0.500. The van der Waals surface area contributed by atoms with Crippen LogP contribution in [-0.4, -0.2) is 19.0 Å². The van der Waals surface area contributed by atoms with Crippen LogP contribution < -0.4 is 4.74 Å². The third kappa shape index (κ3) is 3.21. The van der Waals surface area contributed by atoms with Crippen molar-refractivity contribution in [3.63, 3.8) is 0 Å². The van der Waals surface area contributed by atoms with Crippen molar-refractivity contribution in [2.75, 3.05) is 7.11 Å². The van der Waals surface area contributed by atoms with Crippen molar-refractivity contribution >= 4 is 23.5 Å². The average molecular weight is 311 g/mol. The molecular formula is C16H19ClO4. The van der Waals surface area contributed by atoms with E-state index in [1.54, 1.807) is 0 Å². The Balaban J connectivity index is 2.42. The lowest BCUT2D eigenvalue weighted by Crippen LogP contribution is -2.14. The first-order valence-corrected chi connectivity index (χ1v) is 7.27. The predicted molar refractivity (Wildman–Crippen MR) is 79.7 cm³/mol. The maximum absolute atomic E-state index is 11.7. The Morgan fingerprint density at radius 1 is 1.38 bits per heavy atom. The number of hydrogen-bond donors (Lipinski definition) is 0. The number of halogens is 1. The summed E-state index contributed by atoms with van der Waals surface area (Å²) in [6.45, 7) is 6.13. The number of aryl methyl sites for hydroxylation is 1. The summed E-state index contributed by atoms with van der Waals surface area (Å²) in [4.78, 5) is 23.0. The van der Waals surface area contributed by atoms with Crippen LogP contribution in [0.25, 0.3) is 0 Å². The van der Waals surface area contributed by atoms with Crippen molar-refractivity contribution in [2.45, 2.75) is 44.4 Å². The van der Waals surface area contributed by atoms with E-state index in [0.29, 0.717) is 24.2 Å². The molecule has 114 valence electrons. The molecule has 4 nitrogen and oxygen atoms in total. The van der Waals surface area contributed by atoms with Crippen LogP contribution >= 0.6 is 11.6 Å². The number of hydrogen-bond acceptors (Lipinski definition) is 4. The number of esters is 2. The minimum atomic E-state index is -0.779. The number of alkyl halides is 1. The maximum Gasteiger partial charge on any atom is 0.334 e. The van der Waals surface area contributed by atoms with Gasteiger partial charge in [0.2, 0.25) is 0 Å². The van der Waals surface area contributed by atoms with E-state index in [9.17, 15) is 9.59 Å². The zero-order chi connectivity index (χ0) is 15.8. The van der Waals surface area contributed by atoms with Gasteiger partial charge in [-0.1, -0.05) is 26.8 Å². The number of rotatable bonds is 3. The average Bonchev–Trinajstić information content (AvgIpc) is 2.70. The highest BCUT2D eigenvalue weighted by atomic mass is 35.5. The number of benzene rings is 1. The van der Waals surface area contributed by atoms with Gasteiger partial charge in [-0.25, -0.2) is 4.79 Å². The highest BCUT2D eigenvalue weighted by Crippen LogP contribution is 2.44. The summed E-state index contributed by atoms with van der Waals surface area (Å²) in [5.74, 6) is -0.140. The van der Waals surface area contributed by atoms with Gasteiger partial charge >= 0.3 is 11.9 Å². The molecule has 1 unspecified atom stereocenters. The summed E-state index contributed by atoms with van der Waals surface area (Å²) in [7, 11) is 1.37. The van der Waals surface area contributed by atoms with Gasteiger partial charge in [-0.2, -0.15) is 0 Å². The third-order valence-corrected chi connectivity index (χ3v) is 3.93. The van der Waals surface area contributed by atoms with Gasteiger partial charge in [0, 0.05) is 17.5 Å². The Labute approximate surface area is 129 Å². The zero-order valence-electron chi connectivity index (χ0n) is 12.7. The van der Waals surface area contributed by atoms with Crippen LogP contribution in [0.2, 0.25) is 0 Å². The van der Waals surface area contributed by atoms with Gasteiger partial charge in [-0.05, 0) is 23.5 Å². The second kappa shape index (κ2) is 5.68. The van der Waals surface area contributed by atoms with Crippen LogP contribution in [0.15, 0.2) is 12.1 Å². The molecule has 0 aliphatic carbocycles. The molecule has 5 heteroatoms. The zero-order valence-corrected chi connectivity index (χ0v) is 13.4. The molecule has 1 aliphatic heterocycles. The molecule has 1 aromatic carbocycles. The third-order valence-electron chi connectivity index (χ3n) is 3.51. The van der Waals surface area contributed by atoms with E-state index < -0.39 is 11.3 Å². The first-order valence-electron chi connectivity index (χ1n) is 6.84. The Hall–Kier alpha value is -1.55. The summed E-state index contributed by atoms with van der Waals surface area (Å²) in [5, 5.41) is -0.779. The second-order valence-corrected chi connectivity index (χ2v) is 6.61. The number of carbonyl (C=O) groups excluding carboxylic acids is 2. The monoisotopic (exact) mass is 310 g/mol. The molecule has 0 saturated heterocycles. The smallest absolute Gasteiger partial charge is 0.334 e. The lowest BCUT2D eigenvalue weighted by Gasteiger charge is -2.22. The van der Waals surface area contributed by atoms with Crippen LogP contribution in [0.4, 0.5) is 0 Å². The topological polar surface area (TPSA) is 52.6 Å². The van der Waals surface area contributed by atoms with Crippen LogP contribution in [0.5, 0.6) is 5.75 Å². The standard InChI is InChI=1S/C16H19ClO4/c1-16(2,3)11-8-9(5-6-12(18)20-4)7-10-13(17)15(19)21-14(10)11/h7-8,13H,5-6H2,1-4H3. The van der Waals surface area contributed by atoms with Crippen LogP contribution in [0.1, 0.15) is 49.3 Å². The van der Waals surface area contributed by atoms with Crippen molar-refractivity contribution < 1.29 is 19.1 Å². The van der Waals surface area contributed by atoms with Crippen molar-refractivity contribution in [1.29, 1.82) is 0 Å². The molecule has 0 N–H and O–H groups in total. The van der Waals surface area contributed by atoms with Crippen LogP contribution in [0, 0.1) is 0 Å². The van der Waals surface area contributed by atoms with Crippen molar-refractivity contribution in [3.8, 4) is 5.75 Å². The normalized spacial score (nSPS) is 17.4. The molecule has 0 amide bonds. The number of fused-ring (bicyclic) bond motifs is 1. The van der Waals surface area contributed by atoms with Crippen molar-refractivity contribution in [1.82, 2.24) is 0 Å². The van der Waals surface area contributed by atoms with E-state index >= 15 is 0 Å². The predicted octanol–water partition coefficient (Wildman–Crippen LogP) is 3.29. The van der Waals surface area contributed by atoms with Gasteiger partial charge < -0.3 is 9.47 Å². The molecule has 1 aromatic rings. The molecule has 1 atom stereocenters. The lowest BCUT2D eigenvalue weighted by molar-refractivity contribution is -0.140.